The zero-order valence-corrected chi connectivity index (χ0v) is 12.5. The van der Waals surface area contributed by atoms with Gasteiger partial charge in [-0.05, 0) is 30.5 Å². The smallest absolute Gasteiger partial charge is 0.335 e. The van der Waals surface area contributed by atoms with Crippen molar-refractivity contribution in [2.75, 3.05) is 6.61 Å². The normalized spacial score (nSPS) is 26.0. The van der Waals surface area contributed by atoms with E-state index in [0.717, 1.165) is 12.8 Å². The van der Waals surface area contributed by atoms with E-state index in [1.165, 1.54) is 0 Å². The molecule has 112 valence electrons. The number of carbonyl (C=O) groups is 2. The quantitative estimate of drug-likeness (QED) is 0.925. The molecule has 1 amide bonds. The summed E-state index contributed by atoms with van der Waals surface area (Å²) in [6, 6.07) is 4.18. The number of aliphatic carboxylic acids is 1. The molecule has 2 fully saturated rings. The molecule has 1 aliphatic carbocycles. The average Bonchev–Trinajstić information content (AvgIpc) is 3.22. The minimum atomic E-state index is -1.12. The number of halogens is 2. The first kappa shape index (κ1) is 14.6. The van der Waals surface area contributed by atoms with Crippen LogP contribution < -0.4 is 0 Å². The topological polar surface area (TPSA) is 66.8 Å². The van der Waals surface area contributed by atoms with E-state index in [1.54, 1.807) is 23.1 Å². The second kappa shape index (κ2) is 5.48. The molecule has 1 heterocycles. The summed E-state index contributed by atoms with van der Waals surface area (Å²) in [4.78, 5) is 25.2. The molecular weight excluding hydrogens is 317 g/mol. The lowest BCUT2D eigenvalue weighted by atomic mass is 9.97. The molecule has 2 unspecified atom stereocenters. The first-order chi connectivity index (χ1) is 9.99. The van der Waals surface area contributed by atoms with E-state index in [9.17, 15) is 14.7 Å². The fourth-order valence-electron chi connectivity index (χ4n) is 2.67. The maximum atomic E-state index is 12.1. The number of carboxylic acids is 1. The molecule has 5 nitrogen and oxygen atoms in total. The molecule has 1 aromatic rings. The number of nitrogens with zero attached hydrogens (tertiary/aromatic N) is 1. The van der Waals surface area contributed by atoms with E-state index in [0.29, 0.717) is 15.6 Å². The summed E-state index contributed by atoms with van der Waals surface area (Å²) in [5.41, 5.74) is 0.549. The van der Waals surface area contributed by atoms with Crippen LogP contribution in [-0.4, -0.2) is 40.6 Å². The fourth-order valence-corrected chi connectivity index (χ4v) is 3.19. The van der Waals surface area contributed by atoms with E-state index in [4.69, 9.17) is 27.9 Å². The van der Waals surface area contributed by atoms with Gasteiger partial charge in [0.15, 0.2) is 6.10 Å². The first-order valence-corrected chi connectivity index (χ1v) is 7.35. The molecule has 1 saturated carbocycles. The van der Waals surface area contributed by atoms with Gasteiger partial charge in [-0.2, -0.15) is 0 Å². The van der Waals surface area contributed by atoms with Crippen molar-refractivity contribution in [2.24, 2.45) is 0 Å². The highest BCUT2D eigenvalue weighted by Crippen LogP contribution is 2.41. The zero-order chi connectivity index (χ0) is 15.1. The number of hydrogen-bond donors (Lipinski definition) is 1. The molecule has 1 aromatic carbocycles. The number of rotatable bonds is 3. The SMILES string of the molecule is O=C(O)C1OCC(=O)N(C2CC2)C1c1ccc(Cl)cc1Cl. The lowest BCUT2D eigenvalue weighted by Crippen LogP contribution is -2.52. The Morgan fingerprint density at radius 3 is 2.62 bits per heavy atom. The van der Waals surface area contributed by atoms with Gasteiger partial charge >= 0.3 is 5.97 Å². The Bertz CT molecular complexity index is 603. The third-order valence-corrected chi connectivity index (χ3v) is 4.29. The Kier molecular flexibility index (Phi) is 3.82. The van der Waals surface area contributed by atoms with Crippen molar-refractivity contribution in [3.8, 4) is 0 Å². The number of hydrogen-bond acceptors (Lipinski definition) is 3. The predicted molar refractivity (Wildman–Crippen MR) is 76.4 cm³/mol. The number of morpholine rings is 1. The van der Waals surface area contributed by atoms with Crippen LogP contribution in [0.4, 0.5) is 0 Å². The van der Waals surface area contributed by atoms with Gasteiger partial charge in [-0.25, -0.2) is 4.79 Å². The van der Waals surface area contributed by atoms with Gasteiger partial charge in [-0.3, -0.25) is 4.79 Å². The molecule has 0 spiro atoms. The Morgan fingerprint density at radius 2 is 2.05 bits per heavy atom. The van der Waals surface area contributed by atoms with E-state index < -0.39 is 18.1 Å². The van der Waals surface area contributed by atoms with Gasteiger partial charge in [0, 0.05) is 16.1 Å². The molecule has 7 heteroatoms. The standard InChI is InChI=1S/C14H13Cl2NO4/c15-7-1-4-9(10(16)5-7)12-13(14(19)20)21-6-11(18)17(12)8-2-3-8/h1,4-5,8,12-13H,2-3,6H2,(H,19,20). The van der Waals surface area contributed by atoms with E-state index in [-0.39, 0.29) is 18.6 Å². The van der Waals surface area contributed by atoms with Gasteiger partial charge < -0.3 is 14.7 Å². The summed E-state index contributed by atoms with van der Waals surface area (Å²) in [6.07, 6.45) is 0.626. The molecule has 2 aliphatic rings. The highest BCUT2D eigenvalue weighted by molar-refractivity contribution is 6.35. The van der Waals surface area contributed by atoms with Gasteiger partial charge in [0.2, 0.25) is 5.91 Å². The lowest BCUT2D eigenvalue weighted by Gasteiger charge is -2.40. The monoisotopic (exact) mass is 329 g/mol. The van der Waals surface area contributed by atoms with Crippen molar-refractivity contribution in [3.63, 3.8) is 0 Å². The third kappa shape index (κ3) is 2.73. The molecule has 1 aliphatic heterocycles. The second-order valence-corrected chi connectivity index (χ2v) is 6.06. The van der Waals surface area contributed by atoms with Crippen LogP contribution in [0.3, 0.4) is 0 Å². The van der Waals surface area contributed by atoms with E-state index in [2.05, 4.69) is 0 Å². The molecule has 3 rings (SSSR count). The van der Waals surface area contributed by atoms with Crippen molar-refractivity contribution in [2.45, 2.75) is 31.0 Å². The molecule has 21 heavy (non-hydrogen) atoms. The van der Waals surface area contributed by atoms with Crippen molar-refractivity contribution in [1.29, 1.82) is 0 Å². The van der Waals surface area contributed by atoms with Gasteiger partial charge in [0.25, 0.3) is 0 Å². The molecule has 1 N–H and O–H groups in total. The van der Waals surface area contributed by atoms with Crippen LogP contribution in [0.15, 0.2) is 18.2 Å². The van der Waals surface area contributed by atoms with Gasteiger partial charge in [-0.1, -0.05) is 29.3 Å². The van der Waals surface area contributed by atoms with Gasteiger partial charge in [0.05, 0.1) is 6.04 Å². The van der Waals surface area contributed by atoms with Crippen molar-refractivity contribution >= 4 is 35.1 Å². The van der Waals surface area contributed by atoms with Crippen molar-refractivity contribution in [3.05, 3.63) is 33.8 Å². The minimum absolute atomic E-state index is 0.0694. The summed E-state index contributed by atoms with van der Waals surface area (Å²) in [6.45, 7) is -0.213. The summed E-state index contributed by atoms with van der Waals surface area (Å²) in [7, 11) is 0. The van der Waals surface area contributed by atoms with E-state index >= 15 is 0 Å². The van der Waals surface area contributed by atoms with Crippen LogP contribution in [0.1, 0.15) is 24.4 Å². The summed E-state index contributed by atoms with van der Waals surface area (Å²) in [5.74, 6) is -1.31. The number of carboxylic acid groups (broad SMARTS) is 1. The van der Waals surface area contributed by atoms with Crippen LogP contribution in [0.2, 0.25) is 10.0 Å². The predicted octanol–water partition coefficient (Wildman–Crippen LogP) is 2.51. The van der Waals surface area contributed by atoms with Crippen LogP contribution in [0.5, 0.6) is 0 Å². The number of carbonyl (C=O) groups excluding carboxylic acids is 1. The molecule has 0 radical (unpaired) electrons. The molecule has 0 bridgehead atoms. The maximum absolute atomic E-state index is 12.1. The third-order valence-electron chi connectivity index (χ3n) is 3.73. The zero-order valence-electron chi connectivity index (χ0n) is 11.0. The van der Waals surface area contributed by atoms with Gasteiger partial charge in [0.1, 0.15) is 6.61 Å². The average molecular weight is 330 g/mol. The Hall–Kier alpha value is -1.30. The lowest BCUT2D eigenvalue weighted by molar-refractivity contribution is -0.174. The van der Waals surface area contributed by atoms with Crippen molar-refractivity contribution < 1.29 is 19.4 Å². The summed E-state index contributed by atoms with van der Waals surface area (Å²) >= 11 is 12.1. The summed E-state index contributed by atoms with van der Waals surface area (Å²) < 4.78 is 5.23. The largest absolute Gasteiger partial charge is 0.479 e. The molecular formula is C14H13Cl2NO4. The van der Waals surface area contributed by atoms with Gasteiger partial charge in [-0.15, -0.1) is 0 Å². The Labute approximate surface area is 131 Å². The molecule has 2 atom stereocenters. The van der Waals surface area contributed by atoms with Crippen LogP contribution in [0, 0.1) is 0 Å². The Morgan fingerprint density at radius 1 is 1.33 bits per heavy atom. The summed E-state index contributed by atoms with van der Waals surface area (Å²) in [5, 5.41) is 10.2. The first-order valence-electron chi connectivity index (χ1n) is 6.59. The fraction of sp³-hybridized carbons (Fsp3) is 0.429. The van der Waals surface area contributed by atoms with Crippen LogP contribution >= 0.6 is 23.2 Å². The second-order valence-electron chi connectivity index (χ2n) is 5.21. The van der Waals surface area contributed by atoms with Crippen molar-refractivity contribution in [1.82, 2.24) is 4.90 Å². The highest BCUT2D eigenvalue weighted by Gasteiger charge is 2.48. The Balaban J connectivity index is 2.06. The highest BCUT2D eigenvalue weighted by atomic mass is 35.5. The van der Waals surface area contributed by atoms with Crippen LogP contribution in [-0.2, 0) is 14.3 Å². The number of benzene rings is 1. The number of amides is 1. The maximum Gasteiger partial charge on any atom is 0.335 e. The van der Waals surface area contributed by atoms with E-state index in [1.807, 2.05) is 0 Å². The number of ether oxygens (including phenoxy) is 1. The molecule has 0 aromatic heterocycles. The van der Waals surface area contributed by atoms with Crippen LogP contribution in [0.25, 0.3) is 0 Å². The molecule has 1 saturated heterocycles. The minimum Gasteiger partial charge on any atom is -0.479 e.